The molecule has 0 aromatic heterocycles. The van der Waals surface area contributed by atoms with Crippen LogP contribution in [0.15, 0.2) is 76.3 Å². The number of amides is 1. The predicted molar refractivity (Wildman–Crippen MR) is 150 cm³/mol. The molecular weight excluding hydrogens is 479 g/mol. The van der Waals surface area contributed by atoms with Crippen LogP contribution in [0.3, 0.4) is 0 Å². The summed E-state index contributed by atoms with van der Waals surface area (Å²) in [5.74, 6) is -1.14. The Morgan fingerprint density at radius 2 is 1.76 bits per heavy atom. The lowest BCUT2D eigenvalue weighted by Gasteiger charge is -2.35. The third kappa shape index (κ3) is 5.64. The second-order valence-corrected chi connectivity index (χ2v) is 10.7. The molecule has 0 saturated carbocycles. The third-order valence-corrected chi connectivity index (χ3v) is 7.85. The van der Waals surface area contributed by atoms with E-state index in [1.54, 1.807) is 18.2 Å². The Morgan fingerprint density at radius 3 is 2.39 bits per heavy atom. The molecule has 0 radical (unpaired) electrons. The molecule has 2 aromatic rings. The van der Waals surface area contributed by atoms with Gasteiger partial charge < -0.3 is 10.4 Å². The zero-order valence-corrected chi connectivity index (χ0v) is 22.6. The van der Waals surface area contributed by atoms with Crippen LogP contribution in [0.5, 0.6) is 0 Å². The number of rotatable bonds is 10. The number of aryl methyl sites for hydroxylation is 1. The summed E-state index contributed by atoms with van der Waals surface area (Å²) in [4.78, 5) is 28.0. The normalized spacial score (nSPS) is 22.0. The number of carbonyl (C=O) groups excluding carboxylic acids is 1. The number of nitrogens with zero attached hydrogens (tertiary/aromatic N) is 1. The monoisotopic (exact) mass is 516 g/mol. The SMILES string of the molecule is CCCC(c1ccc(C(=O)NCCC(=O)O)cc1)C(C1=C2CC(C)=CC(F)C2(C)N=C1)c1ccc(C)cc1. The first-order chi connectivity index (χ1) is 18.1. The van der Waals surface area contributed by atoms with E-state index in [9.17, 15) is 9.59 Å². The lowest BCUT2D eigenvalue weighted by Crippen LogP contribution is -2.37. The van der Waals surface area contributed by atoms with Crippen LogP contribution in [0.2, 0.25) is 0 Å². The Balaban J connectivity index is 1.74. The van der Waals surface area contributed by atoms with Crippen LogP contribution in [-0.4, -0.2) is 41.5 Å². The van der Waals surface area contributed by atoms with Gasteiger partial charge in [-0.15, -0.1) is 0 Å². The molecule has 0 spiro atoms. The van der Waals surface area contributed by atoms with Crippen molar-refractivity contribution in [3.8, 4) is 0 Å². The van der Waals surface area contributed by atoms with Gasteiger partial charge in [0, 0.05) is 24.2 Å². The van der Waals surface area contributed by atoms with E-state index in [-0.39, 0.29) is 30.7 Å². The Labute approximate surface area is 224 Å². The fourth-order valence-corrected chi connectivity index (χ4v) is 5.69. The highest BCUT2D eigenvalue weighted by atomic mass is 19.1. The van der Waals surface area contributed by atoms with Crippen LogP contribution in [0.4, 0.5) is 4.39 Å². The largest absolute Gasteiger partial charge is 0.481 e. The molecule has 4 unspecified atom stereocenters. The van der Waals surface area contributed by atoms with E-state index in [0.29, 0.717) is 12.0 Å². The van der Waals surface area contributed by atoms with Crippen molar-refractivity contribution in [1.29, 1.82) is 0 Å². The molecule has 1 heterocycles. The van der Waals surface area contributed by atoms with Crippen molar-refractivity contribution in [1.82, 2.24) is 5.32 Å². The molecule has 38 heavy (non-hydrogen) atoms. The average Bonchev–Trinajstić information content (AvgIpc) is 3.22. The van der Waals surface area contributed by atoms with E-state index in [4.69, 9.17) is 10.1 Å². The van der Waals surface area contributed by atoms with Crippen LogP contribution in [-0.2, 0) is 4.79 Å². The van der Waals surface area contributed by atoms with Gasteiger partial charge in [-0.25, -0.2) is 4.39 Å². The maximum absolute atomic E-state index is 15.3. The highest BCUT2D eigenvalue weighted by Crippen LogP contribution is 2.50. The molecule has 2 aliphatic rings. The van der Waals surface area contributed by atoms with Gasteiger partial charge >= 0.3 is 5.97 Å². The number of allylic oxidation sites excluding steroid dienone is 2. The molecule has 200 valence electrons. The molecule has 0 saturated heterocycles. The fraction of sp³-hybridized carbons (Fsp3) is 0.406. The van der Waals surface area contributed by atoms with E-state index >= 15 is 4.39 Å². The summed E-state index contributed by atoms with van der Waals surface area (Å²) in [6.45, 7) is 8.21. The highest BCUT2D eigenvalue weighted by molar-refractivity contribution is 5.94. The van der Waals surface area contributed by atoms with Gasteiger partial charge in [-0.2, -0.15) is 0 Å². The second kappa shape index (κ2) is 11.5. The maximum Gasteiger partial charge on any atom is 0.305 e. The van der Waals surface area contributed by atoms with Crippen LogP contribution < -0.4 is 5.32 Å². The van der Waals surface area contributed by atoms with Gasteiger partial charge in [0.1, 0.15) is 11.7 Å². The number of halogens is 1. The predicted octanol–water partition coefficient (Wildman–Crippen LogP) is 6.69. The van der Waals surface area contributed by atoms with Gasteiger partial charge in [0.2, 0.25) is 0 Å². The first kappa shape index (κ1) is 27.5. The summed E-state index contributed by atoms with van der Waals surface area (Å²) in [5.41, 5.74) is 6.27. The van der Waals surface area contributed by atoms with Gasteiger partial charge in [0.15, 0.2) is 0 Å². The van der Waals surface area contributed by atoms with Crippen molar-refractivity contribution < 1.29 is 19.1 Å². The van der Waals surface area contributed by atoms with E-state index in [1.165, 1.54) is 11.1 Å². The topological polar surface area (TPSA) is 78.8 Å². The minimum Gasteiger partial charge on any atom is -0.481 e. The number of nitrogens with one attached hydrogen (secondary N) is 1. The molecule has 5 nitrogen and oxygen atoms in total. The van der Waals surface area contributed by atoms with Gasteiger partial charge in [-0.1, -0.05) is 60.9 Å². The van der Waals surface area contributed by atoms with Crippen LogP contribution >= 0.6 is 0 Å². The molecule has 1 aliphatic heterocycles. The van der Waals surface area contributed by atoms with Crippen molar-refractivity contribution in [3.05, 3.63) is 93.6 Å². The smallest absolute Gasteiger partial charge is 0.305 e. The summed E-state index contributed by atoms with van der Waals surface area (Å²) in [5, 5.41) is 11.5. The Hall–Kier alpha value is -3.54. The van der Waals surface area contributed by atoms with Crippen molar-refractivity contribution in [2.45, 2.75) is 76.9 Å². The minimum absolute atomic E-state index is 0.00975. The number of carbonyl (C=O) groups is 2. The number of aliphatic carboxylic acids is 1. The average molecular weight is 517 g/mol. The summed E-state index contributed by atoms with van der Waals surface area (Å²) in [7, 11) is 0. The van der Waals surface area contributed by atoms with E-state index in [1.807, 2.05) is 32.2 Å². The quantitative estimate of drug-likeness (QED) is 0.345. The first-order valence-electron chi connectivity index (χ1n) is 13.4. The Bertz CT molecular complexity index is 1280. The fourth-order valence-electron chi connectivity index (χ4n) is 5.69. The summed E-state index contributed by atoms with van der Waals surface area (Å²) >= 11 is 0. The van der Waals surface area contributed by atoms with Gasteiger partial charge in [0.25, 0.3) is 5.91 Å². The molecule has 0 bridgehead atoms. The standard InChI is InChI=1S/C32H37FN2O3/c1-5-6-25(22-11-13-24(14-12-22)31(38)34-16-15-29(36)37)30(23-9-7-20(2)8-10-23)26-19-35-32(4)27(26)17-21(3)18-28(32)33/h7-14,18-19,25,28,30H,5-6,15-17H2,1-4H3,(H,34,38)(H,36,37). The molecule has 2 N–H and O–H groups in total. The first-order valence-corrected chi connectivity index (χ1v) is 13.4. The van der Waals surface area contributed by atoms with Crippen molar-refractivity contribution >= 4 is 18.1 Å². The van der Waals surface area contributed by atoms with Crippen LogP contribution in [0.1, 0.15) is 85.3 Å². The van der Waals surface area contributed by atoms with Gasteiger partial charge in [-0.3, -0.25) is 14.6 Å². The number of benzene rings is 2. The lowest BCUT2D eigenvalue weighted by molar-refractivity contribution is -0.136. The molecule has 6 heteroatoms. The van der Waals surface area contributed by atoms with Crippen molar-refractivity contribution in [2.75, 3.05) is 6.54 Å². The van der Waals surface area contributed by atoms with Crippen molar-refractivity contribution in [2.24, 2.45) is 4.99 Å². The zero-order chi connectivity index (χ0) is 27.4. The van der Waals surface area contributed by atoms with Gasteiger partial charge in [-0.05, 0) is 80.0 Å². The van der Waals surface area contributed by atoms with Crippen LogP contribution in [0.25, 0.3) is 0 Å². The number of hydrogen-bond acceptors (Lipinski definition) is 3. The highest BCUT2D eigenvalue weighted by Gasteiger charge is 2.45. The van der Waals surface area contributed by atoms with Gasteiger partial charge in [0.05, 0.1) is 6.42 Å². The number of fused-ring (bicyclic) bond motifs is 1. The number of alkyl halides is 1. The zero-order valence-electron chi connectivity index (χ0n) is 22.6. The molecule has 4 rings (SSSR count). The maximum atomic E-state index is 15.3. The van der Waals surface area contributed by atoms with Crippen molar-refractivity contribution in [3.63, 3.8) is 0 Å². The number of carboxylic acids is 1. The molecule has 4 atom stereocenters. The summed E-state index contributed by atoms with van der Waals surface area (Å²) < 4.78 is 15.3. The van der Waals surface area contributed by atoms with E-state index in [2.05, 4.69) is 43.4 Å². The number of aliphatic imine (C=N–C) groups is 1. The number of hydrogen-bond donors (Lipinski definition) is 2. The molecule has 1 amide bonds. The minimum atomic E-state index is -1.15. The van der Waals surface area contributed by atoms with Crippen LogP contribution in [0, 0.1) is 6.92 Å². The summed E-state index contributed by atoms with van der Waals surface area (Å²) in [6, 6.07) is 16.2. The molecular formula is C32H37FN2O3. The Morgan fingerprint density at radius 1 is 1.11 bits per heavy atom. The third-order valence-electron chi connectivity index (χ3n) is 7.85. The number of carboxylic acid groups (broad SMARTS) is 1. The molecule has 0 fully saturated rings. The Kier molecular flexibility index (Phi) is 8.29. The lowest BCUT2D eigenvalue weighted by atomic mass is 9.70. The molecule has 2 aromatic carbocycles. The van der Waals surface area contributed by atoms with E-state index < -0.39 is 17.7 Å². The summed E-state index contributed by atoms with van der Waals surface area (Å²) in [6.07, 6.45) is 4.93. The second-order valence-electron chi connectivity index (χ2n) is 10.7. The molecule has 1 aliphatic carbocycles. The van der Waals surface area contributed by atoms with E-state index in [0.717, 1.165) is 35.1 Å².